The number of hydrogen-bond donors (Lipinski definition) is 2. The number of anilines is 3. The minimum absolute atomic E-state index is 0.0220. The van der Waals surface area contributed by atoms with Crippen molar-refractivity contribution in [3.63, 3.8) is 0 Å². The Kier molecular flexibility index (Phi) is 3.66. The van der Waals surface area contributed by atoms with Crippen molar-refractivity contribution in [2.75, 3.05) is 29.0 Å². The summed E-state index contributed by atoms with van der Waals surface area (Å²) < 4.78 is 5.77. The lowest BCUT2D eigenvalue weighted by Gasteiger charge is -2.34. The third-order valence-electron chi connectivity index (χ3n) is 3.14. The molecule has 0 bridgehead atoms. The third kappa shape index (κ3) is 3.08. The van der Waals surface area contributed by atoms with E-state index >= 15 is 0 Å². The number of aromatic nitrogens is 1. The predicted molar refractivity (Wildman–Crippen MR) is 83.9 cm³/mol. The van der Waals surface area contributed by atoms with Crippen LogP contribution in [0.4, 0.5) is 16.5 Å². The molecule has 1 aromatic heterocycles. The van der Waals surface area contributed by atoms with Gasteiger partial charge in [0.15, 0.2) is 5.13 Å². The number of nitrogens with one attached hydrogen (secondary N) is 1. The highest BCUT2D eigenvalue weighted by Crippen LogP contribution is 2.34. The topological polar surface area (TPSA) is 80.5 Å². The van der Waals surface area contributed by atoms with Gasteiger partial charge in [-0.05, 0) is 25.1 Å². The second-order valence-electron chi connectivity index (χ2n) is 4.92. The number of carbonyl (C=O) groups excluding carboxylic acids is 1. The number of amides is 1. The molecular weight excluding hydrogens is 288 g/mol. The summed E-state index contributed by atoms with van der Waals surface area (Å²) in [6, 6.07) is 5.47. The van der Waals surface area contributed by atoms with Gasteiger partial charge in [-0.15, -0.1) is 11.3 Å². The summed E-state index contributed by atoms with van der Waals surface area (Å²) in [5, 5.41) is 5.21. The molecule has 0 fully saturated rings. The largest absolute Gasteiger partial charge is 0.487 e. The van der Waals surface area contributed by atoms with Crippen molar-refractivity contribution >= 4 is 33.8 Å². The van der Waals surface area contributed by atoms with Gasteiger partial charge < -0.3 is 20.7 Å². The number of nitrogens with two attached hydrogens (primary N) is 1. The van der Waals surface area contributed by atoms with Crippen LogP contribution in [0.15, 0.2) is 29.8 Å². The van der Waals surface area contributed by atoms with Gasteiger partial charge in [0, 0.05) is 17.3 Å². The van der Waals surface area contributed by atoms with Crippen molar-refractivity contribution in [1.82, 2.24) is 4.98 Å². The normalized spacial score (nSPS) is 17.0. The summed E-state index contributed by atoms with van der Waals surface area (Å²) in [7, 11) is 0. The molecule has 3 N–H and O–H groups in total. The smallest absolute Gasteiger partial charge is 0.245 e. The van der Waals surface area contributed by atoms with E-state index < -0.39 is 0 Å². The lowest BCUT2D eigenvalue weighted by Crippen LogP contribution is -2.42. The molecule has 1 amide bonds. The van der Waals surface area contributed by atoms with Crippen molar-refractivity contribution in [3.05, 3.63) is 29.8 Å². The molecule has 6 nitrogen and oxygen atoms in total. The van der Waals surface area contributed by atoms with Crippen LogP contribution in [0, 0.1) is 0 Å². The van der Waals surface area contributed by atoms with Crippen molar-refractivity contribution in [3.8, 4) is 5.75 Å². The predicted octanol–water partition coefficient (Wildman–Crippen LogP) is 1.95. The molecular formula is C14H16N4O2S. The number of benzene rings is 1. The first kappa shape index (κ1) is 13.7. The highest BCUT2D eigenvalue weighted by molar-refractivity contribution is 7.13. The molecule has 0 aliphatic carbocycles. The van der Waals surface area contributed by atoms with Crippen molar-refractivity contribution < 1.29 is 9.53 Å². The summed E-state index contributed by atoms with van der Waals surface area (Å²) in [6.07, 6.45) is 1.68. The summed E-state index contributed by atoms with van der Waals surface area (Å²) in [5.74, 6) is 0.650. The van der Waals surface area contributed by atoms with Crippen LogP contribution in [-0.2, 0) is 4.79 Å². The van der Waals surface area contributed by atoms with Crippen LogP contribution in [0.2, 0.25) is 0 Å². The molecule has 3 rings (SSSR count). The van der Waals surface area contributed by atoms with Gasteiger partial charge in [-0.1, -0.05) is 0 Å². The first-order chi connectivity index (χ1) is 10.1. The van der Waals surface area contributed by atoms with Crippen molar-refractivity contribution in [1.29, 1.82) is 0 Å². The second-order valence-corrected chi connectivity index (χ2v) is 5.82. The number of nitrogen functional groups attached to an aromatic ring is 1. The van der Waals surface area contributed by atoms with Crippen LogP contribution in [0.1, 0.15) is 6.92 Å². The number of ether oxygens (including phenoxy) is 1. The van der Waals surface area contributed by atoms with Crippen molar-refractivity contribution in [2.45, 2.75) is 13.0 Å². The van der Waals surface area contributed by atoms with Gasteiger partial charge in [-0.25, -0.2) is 4.98 Å². The number of nitrogens with zero attached hydrogens (tertiary/aromatic N) is 2. The van der Waals surface area contributed by atoms with Crippen LogP contribution < -0.4 is 20.7 Å². The minimum atomic E-state index is -0.104. The summed E-state index contributed by atoms with van der Waals surface area (Å²) in [4.78, 5) is 18.1. The average Bonchev–Trinajstić information content (AvgIpc) is 2.92. The Bertz CT molecular complexity index is 644. The average molecular weight is 304 g/mol. The number of fused-ring (bicyclic) bond motifs is 1. The number of rotatable bonds is 3. The highest BCUT2D eigenvalue weighted by atomic mass is 32.1. The Labute approximate surface area is 126 Å². The number of carbonyl (C=O) groups is 1. The molecule has 0 spiro atoms. The Morgan fingerprint density at radius 2 is 2.48 bits per heavy atom. The maximum absolute atomic E-state index is 12.1. The van der Waals surface area contributed by atoms with E-state index in [1.807, 2.05) is 29.3 Å². The van der Waals surface area contributed by atoms with Gasteiger partial charge in [0.1, 0.15) is 11.9 Å². The first-order valence-electron chi connectivity index (χ1n) is 6.62. The van der Waals surface area contributed by atoms with Gasteiger partial charge in [0.2, 0.25) is 5.91 Å². The van der Waals surface area contributed by atoms with E-state index in [0.717, 1.165) is 11.4 Å². The monoisotopic (exact) mass is 304 g/mol. The van der Waals surface area contributed by atoms with Gasteiger partial charge in [-0.2, -0.15) is 0 Å². The number of hydrogen-bond acceptors (Lipinski definition) is 6. The minimum Gasteiger partial charge on any atom is -0.487 e. The second kappa shape index (κ2) is 5.61. The Hall–Kier alpha value is -2.28. The van der Waals surface area contributed by atoms with Crippen LogP contribution in [0.3, 0.4) is 0 Å². The molecule has 1 aliphatic heterocycles. The molecule has 1 aromatic carbocycles. The van der Waals surface area contributed by atoms with Gasteiger partial charge >= 0.3 is 0 Å². The molecule has 7 heteroatoms. The van der Waals surface area contributed by atoms with Crippen molar-refractivity contribution in [2.24, 2.45) is 0 Å². The SMILES string of the molecule is CC1CN(CC(=O)Nc2nccs2)c2cc(N)ccc2O1. The molecule has 2 aromatic rings. The lowest BCUT2D eigenvalue weighted by atomic mass is 10.2. The fourth-order valence-electron chi connectivity index (χ4n) is 2.31. The zero-order valence-electron chi connectivity index (χ0n) is 11.6. The molecule has 0 saturated carbocycles. The van der Waals surface area contributed by atoms with Gasteiger partial charge in [0.05, 0.1) is 18.8 Å². The van der Waals surface area contributed by atoms with E-state index in [1.165, 1.54) is 11.3 Å². The van der Waals surface area contributed by atoms with Gasteiger partial charge in [0.25, 0.3) is 0 Å². The number of thiazole rings is 1. The van der Waals surface area contributed by atoms with E-state index in [2.05, 4.69) is 10.3 Å². The maximum Gasteiger partial charge on any atom is 0.245 e. The first-order valence-corrected chi connectivity index (χ1v) is 7.50. The van der Waals surface area contributed by atoms with E-state index in [-0.39, 0.29) is 18.6 Å². The van der Waals surface area contributed by atoms with Crippen LogP contribution >= 0.6 is 11.3 Å². The zero-order chi connectivity index (χ0) is 14.8. The Morgan fingerprint density at radius 3 is 3.24 bits per heavy atom. The standard InChI is InChI=1S/C14H16N4O2S/c1-9-7-18(8-13(19)17-14-16-4-5-21-14)11-6-10(15)2-3-12(11)20-9/h2-6,9H,7-8,15H2,1H3,(H,16,17,19). The zero-order valence-corrected chi connectivity index (χ0v) is 12.4. The van der Waals surface area contributed by atoms with Crippen LogP contribution in [0.5, 0.6) is 5.75 Å². The van der Waals surface area contributed by atoms with Gasteiger partial charge in [-0.3, -0.25) is 4.79 Å². The molecule has 0 saturated heterocycles. The quantitative estimate of drug-likeness (QED) is 0.847. The lowest BCUT2D eigenvalue weighted by molar-refractivity contribution is -0.115. The summed E-state index contributed by atoms with van der Waals surface area (Å²) >= 11 is 1.40. The van der Waals surface area contributed by atoms with E-state index in [9.17, 15) is 4.79 Å². The third-order valence-corrected chi connectivity index (χ3v) is 3.83. The molecule has 1 atom stereocenters. The van der Waals surface area contributed by atoms with E-state index in [4.69, 9.17) is 10.5 Å². The molecule has 2 heterocycles. The van der Waals surface area contributed by atoms with Crippen LogP contribution in [0.25, 0.3) is 0 Å². The molecule has 0 radical (unpaired) electrons. The summed E-state index contributed by atoms with van der Waals surface area (Å²) in [6.45, 7) is 2.86. The fraction of sp³-hybridized carbons (Fsp3) is 0.286. The van der Waals surface area contributed by atoms with E-state index in [1.54, 1.807) is 12.3 Å². The maximum atomic E-state index is 12.1. The molecule has 21 heavy (non-hydrogen) atoms. The molecule has 110 valence electrons. The highest BCUT2D eigenvalue weighted by Gasteiger charge is 2.24. The van der Waals surface area contributed by atoms with Crippen LogP contribution in [-0.4, -0.2) is 30.1 Å². The van der Waals surface area contributed by atoms with E-state index in [0.29, 0.717) is 17.4 Å². The Balaban J connectivity index is 1.76. The Morgan fingerprint density at radius 1 is 1.62 bits per heavy atom. The summed E-state index contributed by atoms with van der Waals surface area (Å²) in [5.41, 5.74) is 7.33. The molecule has 1 unspecified atom stereocenters. The fourth-order valence-corrected chi connectivity index (χ4v) is 2.86. The molecule has 1 aliphatic rings.